The maximum atomic E-state index is 3.58. The van der Waals surface area contributed by atoms with Crippen molar-refractivity contribution in [2.75, 3.05) is 39.8 Å². The fourth-order valence-corrected chi connectivity index (χ4v) is 3.51. The van der Waals surface area contributed by atoms with E-state index in [1.165, 1.54) is 64.8 Å². The van der Waals surface area contributed by atoms with E-state index in [1.807, 2.05) is 0 Å². The molecule has 0 aromatic heterocycles. The number of hydrogen-bond donors (Lipinski definition) is 1. The van der Waals surface area contributed by atoms with Crippen LogP contribution in [0, 0.1) is 5.92 Å². The van der Waals surface area contributed by atoms with Gasteiger partial charge in [0, 0.05) is 31.7 Å². The van der Waals surface area contributed by atoms with Crippen molar-refractivity contribution >= 4 is 0 Å². The Labute approximate surface area is 119 Å². The maximum Gasteiger partial charge on any atom is 0.0109 e. The predicted octanol–water partition coefficient (Wildman–Crippen LogP) is 2.18. The summed E-state index contributed by atoms with van der Waals surface area (Å²) in [7, 11) is 2.32. The monoisotopic (exact) mass is 267 g/mol. The molecule has 2 rings (SSSR count). The molecule has 1 saturated carbocycles. The fourth-order valence-electron chi connectivity index (χ4n) is 3.51. The van der Waals surface area contributed by atoms with Crippen LogP contribution in [0.4, 0.5) is 0 Å². The van der Waals surface area contributed by atoms with E-state index in [0.29, 0.717) is 6.04 Å². The normalized spacial score (nSPS) is 26.1. The zero-order valence-corrected chi connectivity index (χ0v) is 13.2. The first kappa shape index (κ1) is 15.3. The minimum atomic E-state index is 0.627. The van der Waals surface area contributed by atoms with Crippen molar-refractivity contribution in [3.63, 3.8) is 0 Å². The summed E-state index contributed by atoms with van der Waals surface area (Å²) in [4.78, 5) is 5.27. The van der Waals surface area contributed by atoms with Gasteiger partial charge >= 0.3 is 0 Å². The minimum Gasteiger partial charge on any atom is -0.314 e. The number of nitrogens with zero attached hydrogens (tertiary/aromatic N) is 2. The van der Waals surface area contributed by atoms with Crippen LogP contribution in [-0.4, -0.2) is 61.7 Å². The Morgan fingerprint density at radius 2 is 1.95 bits per heavy atom. The van der Waals surface area contributed by atoms with Gasteiger partial charge in [0.1, 0.15) is 0 Å². The molecular formula is C16H33N3. The minimum absolute atomic E-state index is 0.627. The van der Waals surface area contributed by atoms with Crippen molar-refractivity contribution in [3.05, 3.63) is 0 Å². The van der Waals surface area contributed by atoms with Crippen LogP contribution in [0.2, 0.25) is 0 Å². The zero-order valence-electron chi connectivity index (χ0n) is 13.2. The molecule has 0 aromatic rings. The molecule has 3 nitrogen and oxygen atoms in total. The fraction of sp³-hybridized carbons (Fsp3) is 1.00. The van der Waals surface area contributed by atoms with Crippen LogP contribution >= 0.6 is 0 Å². The molecule has 19 heavy (non-hydrogen) atoms. The molecule has 112 valence electrons. The average Bonchev–Trinajstić information content (AvgIpc) is 3.04. The van der Waals surface area contributed by atoms with Crippen molar-refractivity contribution in [1.29, 1.82) is 0 Å². The second kappa shape index (κ2) is 7.61. The van der Waals surface area contributed by atoms with Gasteiger partial charge in [-0.3, -0.25) is 0 Å². The molecule has 2 aliphatic rings. The Hall–Kier alpha value is -0.120. The Balaban J connectivity index is 1.59. The van der Waals surface area contributed by atoms with Crippen LogP contribution < -0.4 is 5.32 Å². The molecule has 3 heteroatoms. The van der Waals surface area contributed by atoms with Gasteiger partial charge in [0.15, 0.2) is 0 Å². The van der Waals surface area contributed by atoms with Gasteiger partial charge in [-0.25, -0.2) is 0 Å². The molecule has 1 aliphatic heterocycles. The summed E-state index contributed by atoms with van der Waals surface area (Å²) in [5.41, 5.74) is 0. The Kier molecular flexibility index (Phi) is 6.11. The van der Waals surface area contributed by atoms with Crippen molar-refractivity contribution in [2.24, 2.45) is 5.92 Å². The molecule has 0 radical (unpaired) electrons. The first-order valence-electron chi connectivity index (χ1n) is 8.31. The van der Waals surface area contributed by atoms with Gasteiger partial charge in [-0.2, -0.15) is 0 Å². The van der Waals surface area contributed by atoms with Crippen molar-refractivity contribution in [3.8, 4) is 0 Å². The standard InChI is InChI=1S/C16H33N3/c1-14(2)17-12-15-8-9-19(13-15)11-10-18(3)16-6-4-5-7-16/h14-17H,4-13H2,1-3H3. The Morgan fingerprint density at radius 1 is 1.21 bits per heavy atom. The third-order valence-electron chi connectivity index (χ3n) is 4.90. The predicted molar refractivity (Wildman–Crippen MR) is 82.6 cm³/mol. The molecule has 0 aromatic carbocycles. The summed E-state index contributed by atoms with van der Waals surface area (Å²) in [6.45, 7) is 10.8. The third-order valence-corrected chi connectivity index (χ3v) is 4.90. The number of hydrogen-bond acceptors (Lipinski definition) is 3. The van der Waals surface area contributed by atoms with E-state index in [0.717, 1.165) is 12.0 Å². The zero-order chi connectivity index (χ0) is 13.7. The highest BCUT2D eigenvalue weighted by molar-refractivity contribution is 4.80. The summed E-state index contributed by atoms with van der Waals surface area (Å²) in [5, 5.41) is 3.58. The summed E-state index contributed by atoms with van der Waals surface area (Å²) < 4.78 is 0. The summed E-state index contributed by atoms with van der Waals surface area (Å²) in [6.07, 6.45) is 7.13. The van der Waals surface area contributed by atoms with Crippen LogP contribution in [0.5, 0.6) is 0 Å². The van der Waals surface area contributed by atoms with Gasteiger partial charge in [0.05, 0.1) is 0 Å². The molecule has 0 spiro atoms. The van der Waals surface area contributed by atoms with E-state index in [4.69, 9.17) is 0 Å². The lowest BCUT2D eigenvalue weighted by atomic mass is 10.1. The van der Waals surface area contributed by atoms with E-state index in [9.17, 15) is 0 Å². The van der Waals surface area contributed by atoms with Crippen LogP contribution in [0.1, 0.15) is 46.0 Å². The lowest BCUT2D eigenvalue weighted by Crippen LogP contribution is -2.37. The van der Waals surface area contributed by atoms with Gasteiger partial charge in [-0.15, -0.1) is 0 Å². The van der Waals surface area contributed by atoms with Crippen molar-refractivity contribution in [1.82, 2.24) is 15.1 Å². The molecule has 1 saturated heterocycles. The van der Waals surface area contributed by atoms with E-state index in [1.54, 1.807) is 0 Å². The molecular weight excluding hydrogens is 234 g/mol. The van der Waals surface area contributed by atoms with Gasteiger partial charge in [-0.1, -0.05) is 26.7 Å². The van der Waals surface area contributed by atoms with Crippen LogP contribution in [0.3, 0.4) is 0 Å². The second-order valence-electron chi connectivity index (χ2n) is 6.94. The molecule has 2 fully saturated rings. The Morgan fingerprint density at radius 3 is 2.63 bits per heavy atom. The summed E-state index contributed by atoms with van der Waals surface area (Å²) in [5.74, 6) is 0.874. The highest BCUT2D eigenvalue weighted by Gasteiger charge is 2.24. The smallest absolute Gasteiger partial charge is 0.0109 e. The van der Waals surface area contributed by atoms with Crippen LogP contribution in [0.25, 0.3) is 0 Å². The van der Waals surface area contributed by atoms with E-state index in [2.05, 4.69) is 36.0 Å². The van der Waals surface area contributed by atoms with Gasteiger partial charge in [0.25, 0.3) is 0 Å². The van der Waals surface area contributed by atoms with Gasteiger partial charge in [0.2, 0.25) is 0 Å². The number of likely N-dealkylation sites (N-methyl/N-ethyl adjacent to an activating group) is 1. The largest absolute Gasteiger partial charge is 0.314 e. The van der Waals surface area contributed by atoms with Crippen molar-refractivity contribution < 1.29 is 0 Å². The van der Waals surface area contributed by atoms with Gasteiger partial charge < -0.3 is 15.1 Å². The third kappa shape index (κ3) is 5.05. The second-order valence-corrected chi connectivity index (χ2v) is 6.94. The molecule has 1 atom stereocenters. The highest BCUT2D eigenvalue weighted by atomic mass is 15.2. The highest BCUT2D eigenvalue weighted by Crippen LogP contribution is 2.22. The maximum absolute atomic E-state index is 3.58. The molecule has 1 unspecified atom stereocenters. The topological polar surface area (TPSA) is 18.5 Å². The van der Waals surface area contributed by atoms with E-state index >= 15 is 0 Å². The van der Waals surface area contributed by atoms with Gasteiger partial charge in [-0.05, 0) is 45.3 Å². The molecule has 1 aliphatic carbocycles. The van der Waals surface area contributed by atoms with E-state index in [-0.39, 0.29) is 0 Å². The van der Waals surface area contributed by atoms with Crippen LogP contribution in [0.15, 0.2) is 0 Å². The summed E-state index contributed by atoms with van der Waals surface area (Å²) >= 11 is 0. The lowest BCUT2D eigenvalue weighted by Gasteiger charge is -2.26. The molecule has 0 amide bonds. The first-order chi connectivity index (χ1) is 9.15. The number of nitrogens with one attached hydrogen (secondary N) is 1. The average molecular weight is 267 g/mol. The molecule has 1 heterocycles. The Bertz CT molecular complexity index is 248. The van der Waals surface area contributed by atoms with E-state index < -0.39 is 0 Å². The number of likely N-dealkylation sites (tertiary alicyclic amines) is 1. The first-order valence-corrected chi connectivity index (χ1v) is 8.31. The number of rotatable bonds is 7. The molecule has 1 N–H and O–H groups in total. The van der Waals surface area contributed by atoms with Crippen molar-refractivity contribution in [2.45, 2.75) is 58.0 Å². The van der Waals surface area contributed by atoms with Crippen LogP contribution in [-0.2, 0) is 0 Å². The summed E-state index contributed by atoms with van der Waals surface area (Å²) in [6, 6.07) is 1.50. The quantitative estimate of drug-likeness (QED) is 0.763. The lowest BCUT2D eigenvalue weighted by molar-refractivity contribution is 0.204. The SMILES string of the molecule is CC(C)NCC1CCN(CCN(C)C2CCCC2)C1. The molecule has 0 bridgehead atoms.